The van der Waals surface area contributed by atoms with Crippen LogP contribution in [0.3, 0.4) is 0 Å². The first-order valence-corrected chi connectivity index (χ1v) is 6.01. The van der Waals surface area contributed by atoms with E-state index in [0.29, 0.717) is 0 Å². The lowest BCUT2D eigenvalue weighted by Gasteiger charge is -2.25. The summed E-state index contributed by atoms with van der Waals surface area (Å²) in [5.41, 5.74) is -1.35. The fourth-order valence-electron chi connectivity index (χ4n) is 2.05. The van der Waals surface area contributed by atoms with Gasteiger partial charge >= 0.3 is 5.97 Å². The summed E-state index contributed by atoms with van der Waals surface area (Å²) in [6.07, 6.45) is 2.59. The van der Waals surface area contributed by atoms with Crippen molar-refractivity contribution in [1.82, 2.24) is 9.55 Å². The average Bonchev–Trinajstić information content (AvgIpc) is 2.86. The number of nitriles is 1. The Balaban J connectivity index is 2.47. The van der Waals surface area contributed by atoms with Crippen LogP contribution in [0, 0.1) is 17.1 Å². The smallest absolute Gasteiger partial charge is 0.323 e. The molecule has 7 heteroatoms. The number of aliphatic hydroxyl groups is 1. The van der Waals surface area contributed by atoms with Crippen molar-refractivity contribution in [1.29, 1.82) is 5.26 Å². The molecule has 2 N–H and O–H groups in total. The molecular weight excluding hydrogens is 277 g/mol. The number of benzene rings is 1. The zero-order chi connectivity index (χ0) is 15.6. The highest BCUT2D eigenvalue weighted by Gasteiger charge is 2.30. The van der Waals surface area contributed by atoms with Crippen LogP contribution in [0.1, 0.15) is 23.7 Å². The first kappa shape index (κ1) is 14.7. The average molecular weight is 289 g/mol. The minimum Gasteiger partial charge on any atom is -0.480 e. The van der Waals surface area contributed by atoms with Gasteiger partial charge in [0, 0.05) is 0 Å². The van der Waals surface area contributed by atoms with E-state index in [2.05, 4.69) is 4.98 Å². The summed E-state index contributed by atoms with van der Waals surface area (Å²) in [6, 6.07) is 5.42. The quantitative estimate of drug-likeness (QED) is 0.882. The van der Waals surface area contributed by atoms with Gasteiger partial charge in [0.05, 0.1) is 23.8 Å². The molecule has 2 rings (SSSR count). The molecule has 21 heavy (non-hydrogen) atoms. The minimum atomic E-state index is -1.64. The Morgan fingerprint density at radius 3 is 2.86 bits per heavy atom. The second-order valence-electron chi connectivity index (χ2n) is 4.68. The number of aromatic nitrogens is 2. The number of aliphatic carboxylic acids is 1. The number of halogens is 1. The van der Waals surface area contributed by atoms with Gasteiger partial charge in [0.25, 0.3) is 0 Å². The monoisotopic (exact) mass is 289 g/mol. The maximum atomic E-state index is 13.7. The van der Waals surface area contributed by atoms with Crippen molar-refractivity contribution in [3.63, 3.8) is 0 Å². The molecule has 0 aliphatic rings. The Morgan fingerprint density at radius 2 is 2.29 bits per heavy atom. The number of carboxylic acid groups (broad SMARTS) is 1. The number of imidazole rings is 1. The van der Waals surface area contributed by atoms with Crippen LogP contribution < -0.4 is 0 Å². The Labute approximate surface area is 119 Å². The van der Waals surface area contributed by atoms with Gasteiger partial charge in [-0.3, -0.25) is 4.79 Å². The highest BCUT2D eigenvalue weighted by molar-refractivity contribution is 5.66. The van der Waals surface area contributed by atoms with Gasteiger partial charge in [-0.1, -0.05) is 6.07 Å². The topological polar surface area (TPSA) is 99.1 Å². The third-order valence-corrected chi connectivity index (χ3v) is 3.17. The van der Waals surface area contributed by atoms with Crippen LogP contribution in [0.25, 0.3) is 0 Å². The second-order valence-corrected chi connectivity index (χ2v) is 4.68. The van der Waals surface area contributed by atoms with E-state index >= 15 is 0 Å². The van der Waals surface area contributed by atoms with Gasteiger partial charge in [0.15, 0.2) is 0 Å². The number of hydrogen-bond acceptors (Lipinski definition) is 4. The molecule has 0 aliphatic heterocycles. The molecule has 0 radical (unpaired) electrons. The molecule has 1 aromatic heterocycles. The number of carboxylic acids is 1. The van der Waals surface area contributed by atoms with Crippen LogP contribution in [0.2, 0.25) is 0 Å². The predicted molar refractivity (Wildman–Crippen MR) is 69.7 cm³/mol. The van der Waals surface area contributed by atoms with Crippen LogP contribution in [0.4, 0.5) is 4.39 Å². The third-order valence-electron chi connectivity index (χ3n) is 3.17. The highest BCUT2D eigenvalue weighted by Crippen LogP contribution is 2.29. The van der Waals surface area contributed by atoms with Crippen molar-refractivity contribution >= 4 is 5.97 Å². The van der Waals surface area contributed by atoms with Gasteiger partial charge < -0.3 is 14.8 Å². The summed E-state index contributed by atoms with van der Waals surface area (Å²) in [5, 5.41) is 28.2. The fourth-order valence-corrected chi connectivity index (χ4v) is 2.05. The van der Waals surface area contributed by atoms with Crippen LogP contribution in [0.15, 0.2) is 30.7 Å². The molecule has 0 aliphatic carbocycles. The van der Waals surface area contributed by atoms with E-state index in [4.69, 9.17) is 10.4 Å². The van der Waals surface area contributed by atoms with Crippen molar-refractivity contribution < 1.29 is 19.4 Å². The van der Waals surface area contributed by atoms with Crippen molar-refractivity contribution in [2.75, 3.05) is 0 Å². The van der Waals surface area contributed by atoms with Gasteiger partial charge in [-0.15, -0.1) is 0 Å². The summed E-state index contributed by atoms with van der Waals surface area (Å²) >= 11 is 0. The van der Waals surface area contributed by atoms with E-state index < -0.39 is 17.4 Å². The Morgan fingerprint density at radius 1 is 1.57 bits per heavy atom. The van der Waals surface area contributed by atoms with Gasteiger partial charge in [0.2, 0.25) is 0 Å². The van der Waals surface area contributed by atoms with E-state index in [0.717, 1.165) is 6.07 Å². The van der Waals surface area contributed by atoms with Crippen molar-refractivity contribution in [2.24, 2.45) is 0 Å². The first-order valence-electron chi connectivity index (χ1n) is 6.01. The SMILES string of the molecule is CC(O)(c1ccc(C#N)c(F)c1)c1cncn1CC(=O)O. The maximum Gasteiger partial charge on any atom is 0.323 e. The highest BCUT2D eigenvalue weighted by atomic mass is 19.1. The summed E-state index contributed by atoms with van der Waals surface area (Å²) in [4.78, 5) is 14.6. The molecule has 0 spiro atoms. The molecule has 2 aromatic rings. The normalized spacial score (nSPS) is 13.4. The molecule has 1 aromatic carbocycles. The van der Waals surface area contributed by atoms with E-state index in [9.17, 15) is 14.3 Å². The Hall–Kier alpha value is -2.72. The van der Waals surface area contributed by atoms with E-state index in [1.165, 1.54) is 36.1 Å². The van der Waals surface area contributed by atoms with Crippen molar-refractivity contribution in [3.05, 3.63) is 53.4 Å². The molecule has 0 amide bonds. The molecule has 0 fully saturated rings. The number of nitrogens with zero attached hydrogens (tertiary/aromatic N) is 3. The summed E-state index contributed by atoms with van der Waals surface area (Å²) in [6.45, 7) is 1.04. The minimum absolute atomic E-state index is 0.131. The number of rotatable bonds is 4. The lowest BCUT2D eigenvalue weighted by molar-refractivity contribution is -0.137. The van der Waals surface area contributed by atoms with E-state index in [1.54, 1.807) is 6.07 Å². The summed E-state index contributed by atoms with van der Waals surface area (Å²) in [5.74, 6) is -1.84. The van der Waals surface area contributed by atoms with E-state index in [1.807, 2.05) is 0 Å². The molecule has 0 bridgehead atoms. The first-order chi connectivity index (χ1) is 9.86. The number of carbonyl (C=O) groups is 1. The molecule has 1 atom stereocenters. The Kier molecular flexibility index (Phi) is 3.74. The van der Waals surface area contributed by atoms with Crippen LogP contribution >= 0.6 is 0 Å². The third kappa shape index (κ3) is 2.75. The lowest BCUT2D eigenvalue weighted by atomic mass is 9.92. The van der Waals surface area contributed by atoms with Crippen LogP contribution in [0.5, 0.6) is 0 Å². The van der Waals surface area contributed by atoms with Gasteiger partial charge in [0.1, 0.15) is 24.0 Å². The molecule has 1 unspecified atom stereocenters. The van der Waals surface area contributed by atoms with Gasteiger partial charge in [-0.25, -0.2) is 9.37 Å². The molecule has 108 valence electrons. The van der Waals surface area contributed by atoms with Crippen LogP contribution in [-0.2, 0) is 16.9 Å². The molecule has 0 saturated heterocycles. The van der Waals surface area contributed by atoms with Crippen LogP contribution in [-0.4, -0.2) is 25.7 Å². The maximum absolute atomic E-state index is 13.7. The summed E-state index contributed by atoms with van der Waals surface area (Å²) < 4.78 is 14.9. The molecule has 6 nitrogen and oxygen atoms in total. The zero-order valence-electron chi connectivity index (χ0n) is 11.1. The number of hydrogen-bond donors (Lipinski definition) is 2. The lowest BCUT2D eigenvalue weighted by Crippen LogP contribution is -2.27. The van der Waals surface area contributed by atoms with Crippen molar-refractivity contribution in [3.8, 4) is 6.07 Å². The van der Waals surface area contributed by atoms with Crippen molar-refractivity contribution in [2.45, 2.75) is 19.1 Å². The molecular formula is C14H12FN3O3. The fraction of sp³-hybridized carbons (Fsp3) is 0.214. The second kappa shape index (κ2) is 5.34. The summed E-state index contributed by atoms with van der Waals surface area (Å²) in [7, 11) is 0. The van der Waals surface area contributed by atoms with Gasteiger partial charge in [-0.05, 0) is 24.6 Å². The largest absolute Gasteiger partial charge is 0.480 e. The Bertz CT molecular complexity index is 731. The predicted octanol–water partition coefficient (Wildman–Crippen LogP) is 1.23. The molecule has 0 saturated carbocycles. The standard InChI is InChI=1S/C14H12FN3O3/c1-14(21,10-3-2-9(5-16)11(15)4-10)12-6-17-8-18(12)7-13(19)20/h2-4,6,8,21H,7H2,1H3,(H,19,20). The van der Waals surface area contributed by atoms with E-state index in [-0.39, 0.29) is 23.4 Å². The molecule has 1 heterocycles. The zero-order valence-corrected chi connectivity index (χ0v) is 11.1. The van der Waals surface area contributed by atoms with Gasteiger partial charge in [-0.2, -0.15) is 5.26 Å².